The first-order valence-corrected chi connectivity index (χ1v) is 12.6. The molecule has 0 atom stereocenters. The molecule has 0 spiro atoms. The molecule has 1 aliphatic rings. The number of aliphatic carboxylic acids is 1. The van der Waals surface area contributed by atoms with Crippen LogP contribution in [0.2, 0.25) is 0 Å². The summed E-state index contributed by atoms with van der Waals surface area (Å²) in [5, 5.41) is 8.81. The molecule has 1 heterocycles. The zero-order valence-electron chi connectivity index (χ0n) is 21.1. The Balaban J connectivity index is 1.49. The van der Waals surface area contributed by atoms with Crippen LogP contribution in [0.5, 0.6) is 5.75 Å². The van der Waals surface area contributed by atoms with E-state index < -0.39 is 17.7 Å². The number of carboxylic acids is 1. The molecule has 0 radical (unpaired) electrons. The summed E-state index contributed by atoms with van der Waals surface area (Å²) in [5.41, 5.74) is 1.12. The van der Waals surface area contributed by atoms with E-state index in [4.69, 9.17) is 14.3 Å². The number of hydrogen-bond acceptors (Lipinski definition) is 4. The summed E-state index contributed by atoms with van der Waals surface area (Å²) in [6.45, 7) is 0.319. The Hall–Kier alpha value is -3.75. The molecule has 0 saturated heterocycles. The van der Waals surface area contributed by atoms with Crippen LogP contribution >= 0.6 is 0 Å². The third-order valence-corrected chi connectivity index (χ3v) is 6.82. The largest absolute Gasteiger partial charge is 0.489 e. The number of amides is 1. The predicted molar refractivity (Wildman–Crippen MR) is 135 cm³/mol. The second-order valence-corrected chi connectivity index (χ2v) is 9.59. The molecule has 1 aliphatic carbocycles. The number of halogens is 3. The first-order valence-electron chi connectivity index (χ1n) is 12.6. The maximum Gasteiger partial charge on any atom is 0.416 e. The topological polar surface area (TPSA) is 80.0 Å². The van der Waals surface area contributed by atoms with Gasteiger partial charge in [-0.15, -0.1) is 0 Å². The van der Waals surface area contributed by atoms with Gasteiger partial charge in [0.15, 0.2) is 0 Å². The lowest BCUT2D eigenvalue weighted by atomic mass is 9.86. The van der Waals surface area contributed by atoms with Crippen molar-refractivity contribution in [2.24, 2.45) is 0 Å². The minimum atomic E-state index is -4.40. The van der Waals surface area contributed by atoms with Crippen LogP contribution in [0.3, 0.4) is 0 Å². The summed E-state index contributed by atoms with van der Waals surface area (Å²) in [7, 11) is 1.55. The van der Waals surface area contributed by atoms with Crippen LogP contribution < -0.4 is 4.74 Å². The van der Waals surface area contributed by atoms with Gasteiger partial charge in [0, 0.05) is 36.2 Å². The van der Waals surface area contributed by atoms with Crippen LogP contribution in [0.25, 0.3) is 11.3 Å². The van der Waals surface area contributed by atoms with E-state index in [9.17, 15) is 22.8 Å². The van der Waals surface area contributed by atoms with E-state index >= 15 is 0 Å². The number of benzene rings is 2. The van der Waals surface area contributed by atoms with Gasteiger partial charge in [0.1, 0.15) is 23.9 Å². The Morgan fingerprint density at radius 1 is 1.03 bits per heavy atom. The number of hydrogen-bond donors (Lipinski definition) is 1. The number of carboxylic acid groups (broad SMARTS) is 1. The van der Waals surface area contributed by atoms with Crippen LogP contribution in [-0.4, -0.2) is 35.5 Å². The normalized spacial score (nSPS) is 14.3. The quantitative estimate of drug-likeness (QED) is 0.319. The predicted octanol–water partition coefficient (Wildman–Crippen LogP) is 7.14. The van der Waals surface area contributed by atoms with Crippen molar-refractivity contribution in [1.82, 2.24) is 4.90 Å². The second kappa shape index (κ2) is 11.8. The highest BCUT2D eigenvalue weighted by Gasteiger charge is 2.30. The molecular formula is C29H30F3NO5. The first kappa shape index (κ1) is 27.3. The summed E-state index contributed by atoms with van der Waals surface area (Å²) < 4.78 is 51.2. The van der Waals surface area contributed by atoms with Gasteiger partial charge in [-0.2, -0.15) is 13.2 Å². The van der Waals surface area contributed by atoms with Gasteiger partial charge in [0.2, 0.25) is 0 Å². The van der Waals surface area contributed by atoms with Crippen molar-refractivity contribution in [2.75, 3.05) is 13.6 Å². The van der Waals surface area contributed by atoms with Crippen LogP contribution in [-0.2, 0) is 17.6 Å². The molecule has 6 nitrogen and oxygen atoms in total. The van der Waals surface area contributed by atoms with Crippen molar-refractivity contribution < 1.29 is 37.0 Å². The molecule has 0 unspecified atom stereocenters. The molecule has 38 heavy (non-hydrogen) atoms. The number of rotatable bonds is 9. The molecule has 0 bridgehead atoms. The van der Waals surface area contributed by atoms with Crippen molar-refractivity contribution in [1.29, 1.82) is 0 Å². The summed E-state index contributed by atoms with van der Waals surface area (Å²) in [5.74, 6) is 0.832. The van der Waals surface area contributed by atoms with Gasteiger partial charge in [-0.3, -0.25) is 9.59 Å². The molecule has 1 aromatic heterocycles. The van der Waals surface area contributed by atoms with Crippen molar-refractivity contribution in [3.8, 4) is 17.1 Å². The summed E-state index contributed by atoms with van der Waals surface area (Å²) in [4.78, 5) is 24.6. The molecule has 202 valence electrons. The minimum Gasteiger partial charge on any atom is -0.489 e. The molecule has 1 saturated carbocycles. The zero-order valence-corrected chi connectivity index (χ0v) is 21.1. The van der Waals surface area contributed by atoms with Gasteiger partial charge in [-0.25, -0.2) is 0 Å². The number of carbonyl (C=O) groups is 2. The smallest absolute Gasteiger partial charge is 0.416 e. The van der Waals surface area contributed by atoms with E-state index in [1.807, 2.05) is 6.07 Å². The van der Waals surface area contributed by atoms with Gasteiger partial charge < -0.3 is 19.2 Å². The number of alkyl halides is 3. The van der Waals surface area contributed by atoms with Crippen LogP contribution in [0.15, 0.2) is 59.0 Å². The molecule has 9 heteroatoms. The molecule has 0 aliphatic heterocycles. The lowest BCUT2D eigenvalue weighted by Crippen LogP contribution is -2.28. The fourth-order valence-electron chi connectivity index (χ4n) is 4.67. The Bertz CT molecular complexity index is 1240. The highest BCUT2D eigenvalue weighted by molar-refractivity contribution is 5.94. The average Bonchev–Trinajstić information content (AvgIpc) is 3.35. The molecular weight excluding hydrogens is 499 g/mol. The van der Waals surface area contributed by atoms with E-state index in [0.717, 1.165) is 49.1 Å². The SMILES string of the molecule is CN(CCC(=O)O)C(=O)c1ccc(OCc2cc(-c3ccc(C(F)(F)F)cc3)oc2C2CCCCC2)cc1. The highest BCUT2D eigenvalue weighted by Crippen LogP contribution is 2.39. The molecule has 2 aromatic carbocycles. The first-order chi connectivity index (χ1) is 18.1. The Labute approximate surface area is 219 Å². The maximum atomic E-state index is 13.0. The Morgan fingerprint density at radius 2 is 1.68 bits per heavy atom. The Kier molecular flexibility index (Phi) is 8.44. The van der Waals surface area contributed by atoms with Gasteiger partial charge in [-0.05, 0) is 55.3 Å². The van der Waals surface area contributed by atoms with E-state index in [0.29, 0.717) is 22.6 Å². The van der Waals surface area contributed by atoms with E-state index in [2.05, 4.69) is 0 Å². The van der Waals surface area contributed by atoms with Crippen LogP contribution in [0.4, 0.5) is 13.2 Å². The molecule has 1 N–H and O–H groups in total. The zero-order chi connectivity index (χ0) is 27.3. The van der Waals surface area contributed by atoms with Crippen molar-refractivity contribution in [2.45, 2.75) is 57.2 Å². The third-order valence-electron chi connectivity index (χ3n) is 6.82. The molecule has 4 rings (SSSR count). The summed E-state index contributed by atoms with van der Waals surface area (Å²) in [6, 6.07) is 13.4. The van der Waals surface area contributed by atoms with Crippen molar-refractivity contribution in [3.63, 3.8) is 0 Å². The van der Waals surface area contributed by atoms with Crippen LogP contribution in [0.1, 0.15) is 71.7 Å². The summed E-state index contributed by atoms with van der Waals surface area (Å²) >= 11 is 0. The molecule has 1 fully saturated rings. The number of furan rings is 1. The van der Waals surface area contributed by atoms with Gasteiger partial charge in [0.05, 0.1) is 12.0 Å². The van der Waals surface area contributed by atoms with Gasteiger partial charge in [0.25, 0.3) is 5.91 Å². The monoisotopic (exact) mass is 529 g/mol. The fraction of sp³-hybridized carbons (Fsp3) is 0.379. The lowest BCUT2D eigenvalue weighted by molar-refractivity contribution is -0.138. The van der Waals surface area contributed by atoms with E-state index in [1.165, 1.54) is 23.5 Å². The minimum absolute atomic E-state index is 0.109. The third kappa shape index (κ3) is 6.76. The number of ether oxygens (including phenoxy) is 1. The van der Waals surface area contributed by atoms with E-state index in [1.54, 1.807) is 31.3 Å². The van der Waals surface area contributed by atoms with Gasteiger partial charge >= 0.3 is 12.1 Å². The molecule has 1 amide bonds. The van der Waals surface area contributed by atoms with Gasteiger partial charge in [-0.1, -0.05) is 31.4 Å². The standard InChI is InChI=1S/C29H30F3NO5/c1-33(16-15-26(34)35)28(36)21-9-13-24(14-10-21)37-18-22-17-25(38-27(22)20-5-3-2-4-6-20)19-7-11-23(12-8-19)29(30,31)32/h7-14,17,20H,2-6,15-16,18H2,1H3,(H,34,35). The average molecular weight is 530 g/mol. The maximum absolute atomic E-state index is 13.0. The van der Waals surface area contributed by atoms with Crippen molar-refractivity contribution >= 4 is 11.9 Å². The summed E-state index contributed by atoms with van der Waals surface area (Å²) in [6.07, 6.45) is 0.799. The molecule has 3 aromatic rings. The van der Waals surface area contributed by atoms with E-state index in [-0.39, 0.29) is 31.4 Å². The number of carbonyl (C=O) groups excluding carboxylic acids is 1. The lowest BCUT2D eigenvalue weighted by Gasteiger charge is -2.21. The number of nitrogens with zero attached hydrogens (tertiary/aromatic N) is 1. The fourth-order valence-corrected chi connectivity index (χ4v) is 4.67. The van der Waals surface area contributed by atoms with Crippen molar-refractivity contribution in [3.05, 3.63) is 77.0 Å². The van der Waals surface area contributed by atoms with Crippen LogP contribution in [0, 0.1) is 0 Å². The Morgan fingerprint density at radius 3 is 2.29 bits per heavy atom. The second-order valence-electron chi connectivity index (χ2n) is 9.59. The highest BCUT2D eigenvalue weighted by atomic mass is 19.4.